The molecule has 0 bridgehead atoms. The minimum absolute atomic E-state index is 0. The lowest BCUT2D eigenvalue weighted by molar-refractivity contribution is 0.203. The predicted octanol–water partition coefficient (Wildman–Crippen LogP) is 1.95. The molecule has 0 amide bonds. The van der Waals surface area contributed by atoms with Gasteiger partial charge < -0.3 is 25.0 Å². The molecule has 0 aromatic heterocycles. The molecule has 2 N–H and O–H groups in total. The van der Waals surface area contributed by atoms with Gasteiger partial charge in [-0.15, -0.1) is 24.0 Å². The standard InChI is InChI=1S/C17H28N4O2.HI/c1-18-17(19-8-10-22-2)20-12-14-7-9-21(13-14)15-5-4-6-16(11-15)23-3;/h4-6,11,14H,7-10,12-13H2,1-3H3,(H2,18,19,20);1H. The van der Waals surface area contributed by atoms with Crippen LogP contribution in [0, 0.1) is 5.92 Å². The summed E-state index contributed by atoms with van der Waals surface area (Å²) >= 11 is 0. The summed E-state index contributed by atoms with van der Waals surface area (Å²) < 4.78 is 10.3. The fourth-order valence-electron chi connectivity index (χ4n) is 2.77. The number of hydrogen-bond donors (Lipinski definition) is 2. The highest BCUT2D eigenvalue weighted by molar-refractivity contribution is 14.0. The topological polar surface area (TPSA) is 58.1 Å². The Morgan fingerprint density at radius 3 is 2.88 bits per heavy atom. The first kappa shape index (κ1) is 20.8. The number of nitrogens with one attached hydrogen (secondary N) is 2. The molecule has 1 atom stereocenters. The Morgan fingerprint density at radius 1 is 1.33 bits per heavy atom. The molecule has 24 heavy (non-hydrogen) atoms. The third-order valence-corrected chi connectivity index (χ3v) is 4.08. The molecular weight excluding hydrogens is 419 g/mol. The van der Waals surface area contributed by atoms with Crippen molar-refractivity contribution in [3.05, 3.63) is 24.3 Å². The fourth-order valence-corrected chi connectivity index (χ4v) is 2.77. The normalized spacial score (nSPS) is 17.4. The number of rotatable bonds is 7. The number of ether oxygens (including phenoxy) is 2. The largest absolute Gasteiger partial charge is 0.497 e. The number of halogens is 1. The van der Waals surface area contributed by atoms with Crippen LogP contribution in [0.25, 0.3) is 0 Å². The summed E-state index contributed by atoms with van der Waals surface area (Å²) in [7, 11) is 5.20. The first-order valence-corrected chi connectivity index (χ1v) is 8.09. The van der Waals surface area contributed by atoms with Gasteiger partial charge >= 0.3 is 0 Å². The van der Waals surface area contributed by atoms with Crippen LogP contribution >= 0.6 is 24.0 Å². The monoisotopic (exact) mass is 448 g/mol. The maximum Gasteiger partial charge on any atom is 0.191 e. The average molecular weight is 448 g/mol. The molecule has 1 aromatic carbocycles. The minimum atomic E-state index is 0. The maximum absolute atomic E-state index is 5.31. The smallest absolute Gasteiger partial charge is 0.191 e. The van der Waals surface area contributed by atoms with Gasteiger partial charge in [0.15, 0.2) is 5.96 Å². The molecule has 2 rings (SSSR count). The first-order chi connectivity index (χ1) is 11.3. The van der Waals surface area contributed by atoms with Gasteiger partial charge in [-0.05, 0) is 24.5 Å². The third kappa shape index (κ3) is 6.35. The van der Waals surface area contributed by atoms with E-state index in [0.717, 1.165) is 37.9 Å². The molecule has 6 nitrogen and oxygen atoms in total. The highest BCUT2D eigenvalue weighted by Gasteiger charge is 2.23. The van der Waals surface area contributed by atoms with E-state index >= 15 is 0 Å². The Kier molecular flexibility index (Phi) is 9.85. The minimum Gasteiger partial charge on any atom is -0.497 e. The van der Waals surface area contributed by atoms with E-state index in [1.54, 1.807) is 21.3 Å². The van der Waals surface area contributed by atoms with Crippen molar-refractivity contribution in [2.45, 2.75) is 6.42 Å². The lowest BCUT2D eigenvalue weighted by atomic mass is 10.1. The van der Waals surface area contributed by atoms with E-state index in [1.165, 1.54) is 12.1 Å². The Labute approximate surface area is 162 Å². The van der Waals surface area contributed by atoms with Crippen LogP contribution in [-0.4, -0.2) is 60.0 Å². The van der Waals surface area contributed by atoms with Gasteiger partial charge in [-0.1, -0.05) is 6.07 Å². The Bertz CT molecular complexity index is 513. The Hall–Kier alpha value is -1.22. The van der Waals surface area contributed by atoms with Crippen molar-refractivity contribution in [3.63, 3.8) is 0 Å². The van der Waals surface area contributed by atoms with Crippen molar-refractivity contribution >= 4 is 35.6 Å². The molecule has 0 aliphatic carbocycles. The fraction of sp³-hybridized carbons (Fsp3) is 0.588. The van der Waals surface area contributed by atoms with Gasteiger partial charge in [-0.2, -0.15) is 0 Å². The van der Waals surface area contributed by atoms with E-state index in [2.05, 4.69) is 32.7 Å². The molecular formula is C17H29IN4O2. The molecule has 136 valence electrons. The first-order valence-electron chi connectivity index (χ1n) is 8.09. The van der Waals surface area contributed by atoms with Gasteiger partial charge in [0.25, 0.3) is 0 Å². The molecule has 1 fully saturated rings. The average Bonchev–Trinajstić information content (AvgIpc) is 3.07. The van der Waals surface area contributed by atoms with E-state index < -0.39 is 0 Å². The van der Waals surface area contributed by atoms with Crippen molar-refractivity contribution in [1.29, 1.82) is 0 Å². The summed E-state index contributed by atoms with van der Waals surface area (Å²) in [5.74, 6) is 2.36. The van der Waals surface area contributed by atoms with E-state index in [1.807, 2.05) is 12.1 Å². The van der Waals surface area contributed by atoms with Crippen LogP contribution in [0.15, 0.2) is 29.3 Å². The van der Waals surface area contributed by atoms with Gasteiger partial charge in [0.1, 0.15) is 5.75 Å². The number of benzene rings is 1. The van der Waals surface area contributed by atoms with E-state index in [4.69, 9.17) is 9.47 Å². The third-order valence-electron chi connectivity index (χ3n) is 4.08. The number of guanidine groups is 1. The summed E-state index contributed by atoms with van der Waals surface area (Å²) in [6.45, 7) is 4.49. The van der Waals surface area contributed by atoms with Gasteiger partial charge in [0, 0.05) is 52.1 Å². The summed E-state index contributed by atoms with van der Waals surface area (Å²) in [5.41, 5.74) is 1.23. The highest BCUT2D eigenvalue weighted by Crippen LogP contribution is 2.26. The number of methoxy groups -OCH3 is 2. The quantitative estimate of drug-likeness (QED) is 0.289. The lowest BCUT2D eigenvalue weighted by Crippen LogP contribution is -2.41. The van der Waals surface area contributed by atoms with Crippen molar-refractivity contribution in [2.24, 2.45) is 10.9 Å². The summed E-state index contributed by atoms with van der Waals surface area (Å²) in [5, 5.41) is 6.63. The Morgan fingerprint density at radius 2 is 2.17 bits per heavy atom. The van der Waals surface area contributed by atoms with Gasteiger partial charge in [0.2, 0.25) is 0 Å². The molecule has 1 saturated heterocycles. The van der Waals surface area contributed by atoms with Gasteiger partial charge in [-0.3, -0.25) is 4.99 Å². The van der Waals surface area contributed by atoms with Gasteiger partial charge in [0.05, 0.1) is 13.7 Å². The number of anilines is 1. The second-order valence-corrected chi connectivity index (χ2v) is 5.67. The Balaban J connectivity index is 0.00000288. The molecule has 1 heterocycles. The second-order valence-electron chi connectivity index (χ2n) is 5.67. The number of hydrogen-bond acceptors (Lipinski definition) is 4. The predicted molar refractivity (Wildman–Crippen MR) is 110 cm³/mol. The molecule has 1 aromatic rings. The molecule has 1 aliphatic heterocycles. The molecule has 0 radical (unpaired) electrons. The molecule has 7 heteroatoms. The van der Waals surface area contributed by atoms with Crippen molar-refractivity contribution in [1.82, 2.24) is 10.6 Å². The van der Waals surface area contributed by atoms with E-state index in [0.29, 0.717) is 12.5 Å². The maximum atomic E-state index is 5.31. The zero-order valence-corrected chi connectivity index (χ0v) is 17.1. The SMILES string of the molecule is CN=C(NCCOC)NCC1CCN(c2cccc(OC)c2)C1.I. The summed E-state index contributed by atoms with van der Waals surface area (Å²) in [4.78, 5) is 6.64. The van der Waals surface area contributed by atoms with Crippen molar-refractivity contribution in [3.8, 4) is 5.75 Å². The zero-order valence-electron chi connectivity index (χ0n) is 14.7. The van der Waals surface area contributed by atoms with E-state index in [-0.39, 0.29) is 24.0 Å². The van der Waals surface area contributed by atoms with Crippen LogP contribution in [-0.2, 0) is 4.74 Å². The van der Waals surface area contributed by atoms with Crippen LogP contribution < -0.4 is 20.3 Å². The van der Waals surface area contributed by atoms with E-state index in [9.17, 15) is 0 Å². The molecule has 0 saturated carbocycles. The molecule has 1 aliphatic rings. The summed E-state index contributed by atoms with van der Waals surface area (Å²) in [6, 6.07) is 8.26. The van der Waals surface area contributed by atoms with Crippen LogP contribution in [0.1, 0.15) is 6.42 Å². The van der Waals surface area contributed by atoms with Crippen LogP contribution in [0.4, 0.5) is 5.69 Å². The van der Waals surface area contributed by atoms with Crippen LogP contribution in [0.3, 0.4) is 0 Å². The highest BCUT2D eigenvalue weighted by atomic mass is 127. The van der Waals surface area contributed by atoms with Crippen LogP contribution in [0.2, 0.25) is 0 Å². The van der Waals surface area contributed by atoms with Crippen molar-refractivity contribution < 1.29 is 9.47 Å². The van der Waals surface area contributed by atoms with Crippen LogP contribution in [0.5, 0.6) is 5.75 Å². The molecule has 1 unspecified atom stereocenters. The lowest BCUT2D eigenvalue weighted by Gasteiger charge is -2.20. The van der Waals surface area contributed by atoms with Gasteiger partial charge in [-0.25, -0.2) is 0 Å². The summed E-state index contributed by atoms with van der Waals surface area (Å²) in [6.07, 6.45) is 1.18. The zero-order chi connectivity index (χ0) is 16.5. The molecule has 0 spiro atoms. The number of aliphatic imine (C=N–C) groups is 1. The number of nitrogens with zero attached hydrogens (tertiary/aromatic N) is 2. The van der Waals surface area contributed by atoms with Crippen molar-refractivity contribution in [2.75, 3.05) is 59.0 Å². The second kappa shape index (κ2) is 11.4.